The van der Waals surface area contributed by atoms with Crippen molar-refractivity contribution in [3.63, 3.8) is 0 Å². The fourth-order valence-corrected chi connectivity index (χ4v) is 8.80. The second-order valence-electron chi connectivity index (χ2n) is 21.0. The third kappa shape index (κ3) is 7.54. The van der Waals surface area contributed by atoms with Gasteiger partial charge in [0, 0.05) is 33.5 Å². The molecule has 0 radical (unpaired) electrons. The Balaban J connectivity index is 1.36. The largest absolute Gasteiger partial charge is 0.309 e. The minimum Gasteiger partial charge on any atom is -0.309 e. The molecule has 0 heterocycles. The third-order valence-corrected chi connectivity index (χ3v) is 12.5. The first-order valence-electron chi connectivity index (χ1n) is 21.8. The molecule has 4 nitrogen and oxygen atoms in total. The van der Waals surface area contributed by atoms with E-state index in [0.717, 1.165) is 66.4 Å². The first kappa shape index (κ1) is 42.1. The van der Waals surface area contributed by atoms with Crippen molar-refractivity contribution in [2.24, 2.45) is 0 Å². The lowest BCUT2D eigenvalue weighted by Gasteiger charge is -2.30. The van der Waals surface area contributed by atoms with Gasteiger partial charge in [0.2, 0.25) is 0 Å². The summed E-state index contributed by atoms with van der Waals surface area (Å²) in [7, 11) is 0. The van der Waals surface area contributed by atoms with E-state index in [1.165, 1.54) is 22.3 Å². The highest BCUT2D eigenvalue weighted by Crippen LogP contribution is 2.48. The first-order chi connectivity index (χ1) is 29.2. The number of benzene rings is 8. The predicted molar refractivity (Wildman–Crippen MR) is 264 cm³/mol. The highest BCUT2D eigenvalue weighted by Gasteiger charge is 2.27. The highest BCUT2D eigenvalue weighted by atomic mass is 15.2. The SMILES string of the molecule is CC(C)(C)c1ccc(N(c2ccc(C(C)(C)C)cc2)c2cc3ccc4cc(N(c5ccc(C(C)(C)C)cc5)c5ccc(C(C)(C)C)cc5)c(C#N)c5ccc(c2C#N)c3c45)cc1. The normalized spacial score (nSPS) is 12.5. The predicted octanol–water partition coefficient (Wildman–Crippen LogP) is 16.5. The summed E-state index contributed by atoms with van der Waals surface area (Å²) in [5.41, 5.74) is 11.7. The van der Waals surface area contributed by atoms with E-state index in [2.05, 4.69) is 238 Å². The van der Waals surface area contributed by atoms with Crippen LogP contribution in [0.25, 0.3) is 32.3 Å². The Morgan fingerprint density at radius 2 is 0.581 bits per heavy atom. The van der Waals surface area contributed by atoms with Gasteiger partial charge in [0.15, 0.2) is 0 Å². The van der Waals surface area contributed by atoms with Crippen LogP contribution in [0.4, 0.5) is 34.1 Å². The van der Waals surface area contributed by atoms with Crippen LogP contribution in [0.1, 0.15) is 116 Å². The Hall–Kier alpha value is -6.62. The van der Waals surface area contributed by atoms with Crippen LogP contribution in [0.2, 0.25) is 0 Å². The number of rotatable bonds is 6. The summed E-state index contributed by atoms with van der Waals surface area (Å²) in [5, 5.41) is 28.1. The summed E-state index contributed by atoms with van der Waals surface area (Å²) < 4.78 is 0. The van der Waals surface area contributed by atoms with E-state index in [1.54, 1.807) is 0 Å². The van der Waals surface area contributed by atoms with E-state index < -0.39 is 0 Å². The van der Waals surface area contributed by atoms with Crippen LogP contribution >= 0.6 is 0 Å². The molecule has 0 aliphatic rings. The second kappa shape index (κ2) is 15.1. The summed E-state index contributed by atoms with van der Waals surface area (Å²) in [4.78, 5) is 4.44. The molecule has 0 saturated heterocycles. The van der Waals surface area contributed by atoms with Crippen LogP contribution in [-0.2, 0) is 21.7 Å². The van der Waals surface area contributed by atoms with Gasteiger partial charge in [-0.2, -0.15) is 10.5 Å². The molecule has 0 aliphatic heterocycles. The summed E-state index contributed by atoms with van der Waals surface area (Å²) in [6.45, 7) is 26.7. The summed E-state index contributed by atoms with van der Waals surface area (Å²) >= 11 is 0. The zero-order valence-corrected chi connectivity index (χ0v) is 38.5. The standard InChI is InChI=1S/C58H58N4/c1-55(2,3)39-15-23-43(24-16-39)61(44-25-17-40(18-26-44)56(4,5)6)51-33-37-13-14-38-34-52(50(36-60)48-32-31-47(49(51)35-59)53(37)54(38)48)62(45-27-19-41(20-28-45)57(7,8)9)46-29-21-42(22-30-46)58(10,11)12/h13-34H,1-12H3. The Morgan fingerprint density at radius 3 is 0.790 bits per heavy atom. The molecule has 0 aromatic heterocycles. The molecule has 62 heavy (non-hydrogen) atoms. The van der Waals surface area contributed by atoms with Crippen molar-refractivity contribution in [2.45, 2.75) is 105 Å². The average molecular weight is 811 g/mol. The topological polar surface area (TPSA) is 54.1 Å². The van der Waals surface area contributed by atoms with Gasteiger partial charge in [-0.3, -0.25) is 0 Å². The van der Waals surface area contributed by atoms with Crippen LogP contribution in [0, 0.1) is 22.7 Å². The molecule has 0 N–H and O–H groups in total. The van der Waals surface area contributed by atoms with Gasteiger partial charge in [-0.1, -0.05) is 156 Å². The molecular formula is C58H58N4. The molecule has 4 heteroatoms. The van der Waals surface area contributed by atoms with Crippen molar-refractivity contribution in [2.75, 3.05) is 9.80 Å². The zero-order valence-electron chi connectivity index (χ0n) is 38.5. The number of anilines is 6. The number of nitrogens with zero attached hydrogens (tertiary/aromatic N) is 4. The van der Waals surface area contributed by atoms with Gasteiger partial charge in [-0.05, 0) is 126 Å². The van der Waals surface area contributed by atoms with Crippen LogP contribution in [0.15, 0.2) is 133 Å². The van der Waals surface area contributed by atoms with Gasteiger partial charge in [0.25, 0.3) is 0 Å². The molecule has 0 spiro atoms. The fraction of sp³-hybridized carbons (Fsp3) is 0.276. The monoisotopic (exact) mass is 810 g/mol. The summed E-state index contributed by atoms with van der Waals surface area (Å²) in [5.74, 6) is 0. The summed E-state index contributed by atoms with van der Waals surface area (Å²) in [6, 6.07) is 53.1. The number of nitriles is 2. The molecule has 0 fully saturated rings. The van der Waals surface area contributed by atoms with E-state index >= 15 is 0 Å². The summed E-state index contributed by atoms with van der Waals surface area (Å²) in [6.07, 6.45) is 0. The molecule has 0 saturated carbocycles. The Kier molecular flexibility index (Phi) is 10.2. The van der Waals surface area contributed by atoms with Crippen molar-refractivity contribution in [3.05, 3.63) is 167 Å². The second-order valence-corrected chi connectivity index (χ2v) is 21.0. The third-order valence-electron chi connectivity index (χ3n) is 12.5. The minimum absolute atomic E-state index is 0.000840. The van der Waals surface area contributed by atoms with Crippen molar-refractivity contribution in [1.82, 2.24) is 0 Å². The lowest BCUT2D eigenvalue weighted by atomic mass is 9.86. The van der Waals surface area contributed by atoms with E-state index in [9.17, 15) is 10.5 Å². The van der Waals surface area contributed by atoms with Crippen LogP contribution in [0.3, 0.4) is 0 Å². The van der Waals surface area contributed by atoms with Crippen LogP contribution in [-0.4, -0.2) is 0 Å². The maximum atomic E-state index is 11.2. The van der Waals surface area contributed by atoms with Gasteiger partial charge in [0.1, 0.15) is 12.1 Å². The molecule has 0 bridgehead atoms. The lowest BCUT2D eigenvalue weighted by Crippen LogP contribution is -2.15. The number of hydrogen-bond donors (Lipinski definition) is 0. The molecule has 0 unspecified atom stereocenters. The van der Waals surface area contributed by atoms with Crippen LogP contribution < -0.4 is 9.80 Å². The quantitative estimate of drug-likeness (QED) is 0.157. The van der Waals surface area contributed by atoms with Crippen molar-refractivity contribution >= 4 is 66.4 Å². The van der Waals surface area contributed by atoms with Gasteiger partial charge in [-0.25, -0.2) is 0 Å². The molecule has 310 valence electrons. The van der Waals surface area contributed by atoms with E-state index in [4.69, 9.17) is 0 Å². The molecule has 0 aliphatic carbocycles. The molecule has 0 amide bonds. The molecule has 0 atom stereocenters. The molecular weight excluding hydrogens is 753 g/mol. The van der Waals surface area contributed by atoms with E-state index in [1.807, 2.05) is 0 Å². The smallest absolute Gasteiger partial charge is 0.102 e. The fourth-order valence-electron chi connectivity index (χ4n) is 8.80. The number of hydrogen-bond acceptors (Lipinski definition) is 4. The first-order valence-corrected chi connectivity index (χ1v) is 21.8. The van der Waals surface area contributed by atoms with E-state index in [-0.39, 0.29) is 21.7 Å². The average Bonchev–Trinajstić information content (AvgIpc) is 3.22. The van der Waals surface area contributed by atoms with Crippen molar-refractivity contribution < 1.29 is 0 Å². The Labute approximate surface area is 369 Å². The van der Waals surface area contributed by atoms with Gasteiger partial charge >= 0.3 is 0 Å². The lowest BCUT2D eigenvalue weighted by molar-refractivity contribution is 0.590. The molecule has 8 aromatic rings. The van der Waals surface area contributed by atoms with Crippen molar-refractivity contribution in [3.8, 4) is 12.1 Å². The molecule has 8 rings (SSSR count). The van der Waals surface area contributed by atoms with Gasteiger partial charge < -0.3 is 9.80 Å². The maximum absolute atomic E-state index is 11.2. The highest BCUT2D eigenvalue weighted by molar-refractivity contribution is 6.27. The van der Waals surface area contributed by atoms with E-state index in [0.29, 0.717) is 11.1 Å². The maximum Gasteiger partial charge on any atom is 0.102 e. The van der Waals surface area contributed by atoms with Gasteiger partial charge in [-0.15, -0.1) is 0 Å². The Bertz CT molecular complexity index is 2700. The zero-order chi connectivity index (χ0) is 44.5. The minimum atomic E-state index is -0.000840. The van der Waals surface area contributed by atoms with Gasteiger partial charge in [0.05, 0.1) is 22.5 Å². The van der Waals surface area contributed by atoms with Crippen LogP contribution in [0.5, 0.6) is 0 Å². The van der Waals surface area contributed by atoms with Crippen molar-refractivity contribution in [1.29, 1.82) is 10.5 Å². The molecule has 8 aromatic carbocycles. The Morgan fingerprint density at radius 1 is 0.339 bits per heavy atom.